The molecule has 0 heterocycles. The molecule has 2 aromatic carbocycles. The van der Waals surface area contributed by atoms with Gasteiger partial charge in [0.15, 0.2) is 0 Å². The summed E-state index contributed by atoms with van der Waals surface area (Å²) in [6, 6.07) is 13.5. The molecule has 2 aromatic rings. The molecule has 0 fully saturated rings. The Bertz CT molecular complexity index is 849. The van der Waals surface area contributed by atoms with Crippen LogP contribution in [0.2, 0.25) is 5.02 Å². The van der Waals surface area contributed by atoms with Crippen molar-refractivity contribution in [2.75, 3.05) is 25.0 Å². The second-order valence-corrected chi connectivity index (χ2v) is 6.91. The third kappa shape index (κ3) is 6.91. The van der Waals surface area contributed by atoms with Gasteiger partial charge in [-0.3, -0.25) is 14.4 Å². The zero-order chi connectivity index (χ0) is 21.2. The van der Waals surface area contributed by atoms with Crippen molar-refractivity contribution in [2.45, 2.75) is 26.7 Å². The van der Waals surface area contributed by atoms with E-state index < -0.39 is 0 Å². The van der Waals surface area contributed by atoms with Gasteiger partial charge >= 0.3 is 0 Å². The largest absolute Gasteiger partial charge is 0.352 e. The molecule has 0 saturated carbocycles. The monoisotopic (exact) mass is 415 g/mol. The summed E-state index contributed by atoms with van der Waals surface area (Å²) in [7, 11) is 0. The first-order chi connectivity index (χ1) is 13.9. The Hall–Kier alpha value is -2.86. The molecule has 2 rings (SSSR count). The molecule has 0 saturated heterocycles. The molecule has 0 unspecified atom stereocenters. The number of carbonyl (C=O) groups excluding carboxylic acids is 3. The number of carbonyl (C=O) groups is 3. The third-order valence-corrected chi connectivity index (χ3v) is 4.67. The van der Waals surface area contributed by atoms with Gasteiger partial charge in [-0.05, 0) is 62.7 Å². The second kappa shape index (κ2) is 11.2. The second-order valence-electron chi connectivity index (χ2n) is 6.47. The first kappa shape index (κ1) is 22.4. The number of amides is 3. The molecule has 2 N–H and O–H groups in total. The number of halogens is 1. The molecule has 7 heteroatoms. The number of hydrogen-bond acceptors (Lipinski definition) is 3. The molecule has 154 valence electrons. The van der Waals surface area contributed by atoms with Crippen LogP contribution in [-0.2, 0) is 4.79 Å². The summed E-state index contributed by atoms with van der Waals surface area (Å²) in [5.74, 6) is -0.432. The number of nitrogens with zero attached hydrogens (tertiary/aromatic N) is 1. The van der Waals surface area contributed by atoms with E-state index >= 15 is 0 Å². The Kier molecular flexibility index (Phi) is 8.68. The molecule has 0 aromatic heterocycles. The fourth-order valence-corrected chi connectivity index (χ4v) is 2.93. The predicted molar refractivity (Wildman–Crippen MR) is 115 cm³/mol. The van der Waals surface area contributed by atoms with Gasteiger partial charge in [0.2, 0.25) is 5.91 Å². The fourth-order valence-electron chi connectivity index (χ4n) is 2.80. The highest BCUT2D eigenvalue weighted by atomic mass is 35.5. The van der Waals surface area contributed by atoms with E-state index in [0.29, 0.717) is 47.9 Å². The van der Waals surface area contributed by atoms with Crippen LogP contribution >= 0.6 is 11.6 Å². The minimum atomic E-state index is -0.204. The van der Waals surface area contributed by atoms with E-state index in [1.807, 2.05) is 13.8 Å². The van der Waals surface area contributed by atoms with Gasteiger partial charge in [-0.2, -0.15) is 0 Å². The molecule has 0 radical (unpaired) electrons. The van der Waals surface area contributed by atoms with Crippen LogP contribution in [-0.4, -0.2) is 42.3 Å². The van der Waals surface area contributed by atoms with Crippen molar-refractivity contribution in [2.24, 2.45) is 0 Å². The molecular formula is C22H26ClN3O3. The predicted octanol–water partition coefficient (Wildman–Crippen LogP) is 3.97. The summed E-state index contributed by atoms with van der Waals surface area (Å²) in [4.78, 5) is 38.3. The number of benzene rings is 2. The highest BCUT2D eigenvalue weighted by Crippen LogP contribution is 2.14. The maximum atomic E-state index is 12.4. The molecular weight excluding hydrogens is 390 g/mol. The lowest BCUT2D eigenvalue weighted by molar-refractivity contribution is -0.116. The van der Waals surface area contributed by atoms with Gasteiger partial charge in [-0.25, -0.2) is 0 Å². The van der Waals surface area contributed by atoms with Crippen LogP contribution in [0.25, 0.3) is 0 Å². The molecule has 0 aliphatic carbocycles. The van der Waals surface area contributed by atoms with Gasteiger partial charge in [-0.1, -0.05) is 17.7 Å². The SMILES string of the molecule is CCN(CC)C(=O)c1cccc(NC(=O)CCCNC(=O)c2ccc(Cl)cc2)c1. The Labute approximate surface area is 176 Å². The van der Waals surface area contributed by atoms with E-state index in [-0.39, 0.29) is 24.1 Å². The average molecular weight is 416 g/mol. The first-order valence-corrected chi connectivity index (χ1v) is 10.0. The first-order valence-electron chi connectivity index (χ1n) is 9.67. The zero-order valence-electron chi connectivity index (χ0n) is 16.7. The highest BCUT2D eigenvalue weighted by molar-refractivity contribution is 6.30. The number of nitrogens with one attached hydrogen (secondary N) is 2. The molecule has 29 heavy (non-hydrogen) atoms. The van der Waals surface area contributed by atoms with Crippen LogP contribution in [0.15, 0.2) is 48.5 Å². The summed E-state index contributed by atoms with van der Waals surface area (Å²) < 4.78 is 0. The van der Waals surface area contributed by atoms with E-state index in [9.17, 15) is 14.4 Å². The lowest BCUT2D eigenvalue weighted by Gasteiger charge is -2.19. The van der Waals surface area contributed by atoms with Crippen molar-refractivity contribution in [3.8, 4) is 0 Å². The average Bonchev–Trinajstić information content (AvgIpc) is 2.72. The van der Waals surface area contributed by atoms with Gasteiger partial charge in [-0.15, -0.1) is 0 Å². The minimum Gasteiger partial charge on any atom is -0.352 e. The highest BCUT2D eigenvalue weighted by Gasteiger charge is 2.13. The number of hydrogen-bond donors (Lipinski definition) is 2. The molecule has 0 atom stereocenters. The standard InChI is InChI=1S/C22H26ClN3O3/c1-3-26(4-2)22(29)17-7-5-8-19(15-17)25-20(27)9-6-14-24-21(28)16-10-12-18(23)13-11-16/h5,7-8,10-13,15H,3-4,6,9,14H2,1-2H3,(H,24,28)(H,25,27). The van der Waals surface area contributed by atoms with Crippen molar-refractivity contribution >= 4 is 35.0 Å². The van der Waals surface area contributed by atoms with E-state index in [2.05, 4.69) is 10.6 Å². The topological polar surface area (TPSA) is 78.5 Å². The van der Waals surface area contributed by atoms with E-state index in [1.165, 1.54) is 0 Å². The zero-order valence-corrected chi connectivity index (χ0v) is 17.5. The minimum absolute atomic E-state index is 0.0592. The Balaban J connectivity index is 1.79. The van der Waals surface area contributed by atoms with E-state index in [0.717, 1.165) is 0 Å². The maximum absolute atomic E-state index is 12.4. The fraction of sp³-hybridized carbons (Fsp3) is 0.318. The van der Waals surface area contributed by atoms with Crippen molar-refractivity contribution < 1.29 is 14.4 Å². The maximum Gasteiger partial charge on any atom is 0.253 e. The lowest BCUT2D eigenvalue weighted by atomic mass is 10.1. The Morgan fingerprint density at radius 1 is 0.966 bits per heavy atom. The van der Waals surface area contributed by atoms with Crippen LogP contribution in [0, 0.1) is 0 Å². The van der Waals surface area contributed by atoms with Gasteiger partial charge in [0.1, 0.15) is 0 Å². The molecule has 0 aliphatic heterocycles. The Morgan fingerprint density at radius 3 is 2.31 bits per heavy atom. The third-order valence-electron chi connectivity index (χ3n) is 4.42. The van der Waals surface area contributed by atoms with Crippen molar-refractivity contribution in [1.29, 1.82) is 0 Å². The molecule has 0 spiro atoms. The number of rotatable bonds is 9. The normalized spacial score (nSPS) is 10.3. The van der Waals surface area contributed by atoms with Crippen LogP contribution < -0.4 is 10.6 Å². The van der Waals surface area contributed by atoms with Gasteiger partial charge in [0, 0.05) is 47.9 Å². The van der Waals surface area contributed by atoms with Crippen molar-refractivity contribution in [3.05, 3.63) is 64.7 Å². The van der Waals surface area contributed by atoms with E-state index in [4.69, 9.17) is 11.6 Å². The van der Waals surface area contributed by atoms with Crippen LogP contribution in [0.5, 0.6) is 0 Å². The lowest BCUT2D eigenvalue weighted by Crippen LogP contribution is -2.30. The van der Waals surface area contributed by atoms with Crippen LogP contribution in [0.3, 0.4) is 0 Å². The summed E-state index contributed by atoms with van der Waals surface area (Å²) in [6.07, 6.45) is 0.762. The van der Waals surface area contributed by atoms with Crippen molar-refractivity contribution in [1.82, 2.24) is 10.2 Å². The number of anilines is 1. The van der Waals surface area contributed by atoms with Gasteiger partial charge in [0.25, 0.3) is 11.8 Å². The Morgan fingerprint density at radius 2 is 1.66 bits per heavy atom. The summed E-state index contributed by atoms with van der Waals surface area (Å²) in [5.41, 5.74) is 1.65. The van der Waals surface area contributed by atoms with Gasteiger partial charge in [0.05, 0.1) is 0 Å². The van der Waals surface area contributed by atoms with Crippen LogP contribution in [0.4, 0.5) is 5.69 Å². The van der Waals surface area contributed by atoms with Crippen molar-refractivity contribution in [3.63, 3.8) is 0 Å². The smallest absolute Gasteiger partial charge is 0.253 e. The quantitative estimate of drug-likeness (QED) is 0.608. The van der Waals surface area contributed by atoms with Gasteiger partial charge < -0.3 is 15.5 Å². The molecule has 6 nitrogen and oxygen atoms in total. The molecule has 3 amide bonds. The summed E-state index contributed by atoms with van der Waals surface area (Å²) in [6.45, 7) is 5.51. The summed E-state index contributed by atoms with van der Waals surface area (Å²) >= 11 is 5.80. The van der Waals surface area contributed by atoms with E-state index in [1.54, 1.807) is 53.4 Å². The molecule has 0 aliphatic rings. The summed E-state index contributed by atoms with van der Waals surface area (Å²) in [5, 5.41) is 6.15. The van der Waals surface area contributed by atoms with Crippen LogP contribution in [0.1, 0.15) is 47.4 Å². The molecule has 0 bridgehead atoms.